The Kier molecular flexibility index (Phi) is 5.50. The van der Waals surface area contributed by atoms with Crippen molar-refractivity contribution in [3.05, 3.63) is 22.8 Å². The van der Waals surface area contributed by atoms with Crippen LogP contribution in [0.15, 0.2) is 12.3 Å². The number of nitrogens with zero attached hydrogens (tertiary/aromatic N) is 2. The van der Waals surface area contributed by atoms with Crippen molar-refractivity contribution in [1.29, 1.82) is 0 Å². The lowest BCUT2D eigenvalue weighted by atomic mass is 10.1. The first-order valence-electron chi connectivity index (χ1n) is 8.03. The molecule has 0 unspecified atom stereocenters. The molecule has 3 nitrogen and oxygen atoms in total. The van der Waals surface area contributed by atoms with Gasteiger partial charge in [0.05, 0.1) is 5.02 Å². The zero-order chi connectivity index (χ0) is 15.5. The molecule has 1 fully saturated rings. The number of aromatic nitrogens is 1. The summed E-state index contributed by atoms with van der Waals surface area (Å²) in [6, 6.07) is 2.05. The van der Waals surface area contributed by atoms with Gasteiger partial charge in [0.15, 0.2) is 0 Å². The van der Waals surface area contributed by atoms with E-state index in [1.165, 1.54) is 12.8 Å². The predicted molar refractivity (Wildman–Crippen MR) is 91.1 cm³/mol. The van der Waals surface area contributed by atoms with Crippen LogP contribution in [0.2, 0.25) is 5.02 Å². The molecule has 1 heterocycles. The molecule has 0 aliphatic heterocycles. The van der Waals surface area contributed by atoms with Crippen LogP contribution in [0.4, 0.5) is 5.82 Å². The van der Waals surface area contributed by atoms with Gasteiger partial charge in [-0.05, 0) is 57.6 Å². The minimum atomic E-state index is 0.103. The Balaban J connectivity index is 2.05. The van der Waals surface area contributed by atoms with Crippen molar-refractivity contribution in [3.8, 4) is 0 Å². The molecule has 0 radical (unpaired) electrons. The van der Waals surface area contributed by atoms with Crippen LogP contribution in [0.1, 0.15) is 52.5 Å². The summed E-state index contributed by atoms with van der Waals surface area (Å²) in [7, 11) is 0. The summed E-state index contributed by atoms with van der Waals surface area (Å²) < 4.78 is 0. The van der Waals surface area contributed by atoms with Crippen LogP contribution in [-0.2, 0) is 6.54 Å². The number of halogens is 1. The molecule has 1 aromatic heterocycles. The molecule has 1 saturated carbocycles. The highest BCUT2D eigenvalue weighted by Crippen LogP contribution is 2.33. The monoisotopic (exact) mass is 309 g/mol. The normalized spacial score (nSPS) is 15.3. The van der Waals surface area contributed by atoms with E-state index in [0.717, 1.165) is 48.4 Å². The van der Waals surface area contributed by atoms with E-state index in [1.807, 2.05) is 6.20 Å². The third-order valence-corrected chi connectivity index (χ3v) is 3.95. The van der Waals surface area contributed by atoms with E-state index >= 15 is 0 Å². The highest BCUT2D eigenvalue weighted by Gasteiger charge is 2.25. The maximum Gasteiger partial charge on any atom is 0.147 e. The second-order valence-corrected chi connectivity index (χ2v) is 7.55. The fourth-order valence-corrected chi connectivity index (χ4v) is 2.64. The second-order valence-electron chi connectivity index (χ2n) is 7.14. The molecule has 0 aromatic carbocycles. The SMILES string of the molecule is CCCN(CC1CC1)c1ncc(CNC(C)(C)C)cc1Cl. The van der Waals surface area contributed by atoms with Crippen molar-refractivity contribution < 1.29 is 0 Å². The molecule has 1 aliphatic carbocycles. The molecule has 2 rings (SSSR count). The first-order chi connectivity index (χ1) is 9.89. The van der Waals surface area contributed by atoms with Gasteiger partial charge in [0.2, 0.25) is 0 Å². The third kappa shape index (κ3) is 5.48. The minimum absolute atomic E-state index is 0.103. The van der Waals surface area contributed by atoms with E-state index in [-0.39, 0.29) is 5.54 Å². The van der Waals surface area contributed by atoms with E-state index < -0.39 is 0 Å². The molecular formula is C17H28ClN3. The molecule has 1 aliphatic rings. The van der Waals surface area contributed by atoms with Gasteiger partial charge < -0.3 is 10.2 Å². The van der Waals surface area contributed by atoms with E-state index in [1.54, 1.807) is 0 Å². The molecule has 1 aromatic rings. The van der Waals surface area contributed by atoms with E-state index in [4.69, 9.17) is 11.6 Å². The molecule has 4 heteroatoms. The topological polar surface area (TPSA) is 28.2 Å². The van der Waals surface area contributed by atoms with Crippen molar-refractivity contribution >= 4 is 17.4 Å². The fraction of sp³-hybridized carbons (Fsp3) is 0.706. The van der Waals surface area contributed by atoms with Crippen molar-refractivity contribution in [2.24, 2.45) is 5.92 Å². The smallest absolute Gasteiger partial charge is 0.147 e. The highest BCUT2D eigenvalue weighted by atomic mass is 35.5. The number of hydrogen-bond donors (Lipinski definition) is 1. The summed E-state index contributed by atoms with van der Waals surface area (Å²) in [5, 5.41) is 4.24. The Hall–Kier alpha value is -0.800. The standard InChI is InChI=1S/C17H28ClN3/c1-5-8-21(12-13-6-7-13)16-15(18)9-14(10-19-16)11-20-17(2,3)4/h9-10,13,20H,5-8,11-12H2,1-4H3. The fourth-order valence-electron chi connectivity index (χ4n) is 2.33. The molecule has 0 saturated heterocycles. The minimum Gasteiger partial charge on any atom is -0.355 e. The molecule has 118 valence electrons. The van der Waals surface area contributed by atoms with Gasteiger partial charge >= 0.3 is 0 Å². The van der Waals surface area contributed by atoms with Gasteiger partial charge in [0.1, 0.15) is 5.82 Å². The molecule has 0 atom stereocenters. The van der Waals surface area contributed by atoms with E-state index in [0.29, 0.717) is 0 Å². The third-order valence-electron chi connectivity index (χ3n) is 3.67. The largest absolute Gasteiger partial charge is 0.355 e. The van der Waals surface area contributed by atoms with Crippen molar-refractivity contribution in [3.63, 3.8) is 0 Å². The number of nitrogens with one attached hydrogen (secondary N) is 1. The maximum atomic E-state index is 6.48. The Bertz CT molecular complexity index is 464. The van der Waals surface area contributed by atoms with Crippen molar-refractivity contribution in [1.82, 2.24) is 10.3 Å². The van der Waals surface area contributed by atoms with E-state index in [2.05, 4.69) is 49.0 Å². The first kappa shape index (κ1) is 16.6. The lowest BCUT2D eigenvalue weighted by molar-refractivity contribution is 0.424. The lowest BCUT2D eigenvalue weighted by Crippen LogP contribution is -2.35. The molecule has 0 spiro atoms. The summed E-state index contributed by atoms with van der Waals surface area (Å²) in [5.74, 6) is 1.79. The van der Waals surface area contributed by atoms with Crippen molar-refractivity contribution in [2.75, 3.05) is 18.0 Å². The Labute approximate surface area is 134 Å². The average Bonchev–Trinajstić information content (AvgIpc) is 3.19. The quantitative estimate of drug-likeness (QED) is 0.816. The van der Waals surface area contributed by atoms with Crippen LogP contribution < -0.4 is 10.2 Å². The van der Waals surface area contributed by atoms with Gasteiger partial charge in [-0.1, -0.05) is 18.5 Å². The summed E-state index contributed by atoms with van der Waals surface area (Å²) in [6.07, 6.45) is 5.78. The number of rotatable bonds is 7. The average molecular weight is 310 g/mol. The zero-order valence-electron chi connectivity index (χ0n) is 13.7. The van der Waals surface area contributed by atoms with Crippen LogP contribution >= 0.6 is 11.6 Å². The number of anilines is 1. The van der Waals surface area contributed by atoms with Gasteiger partial charge in [0.25, 0.3) is 0 Å². The maximum absolute atomic E-state index is 6.48. The number of pyridine rings is 1. The first-order valence-corrected chi connectivity index (χ1v) is 8.41. The highest BCUT2D eigenvalue weighted by molar-refractivity contribution is 6.33. The second kappa shape index (κ2) is 6.97. The zero-order valence-corrected chi connectivity index (χ0v) is 14.5. The molecule has 0 amide bonds. The van der Waals surface area contributed by atoms with Crippen molar-refractivity contribution in [2.45, 2.75) is 59.0 Å². The summed E-state index contributed by atoms with van der Waals surface area (Å²) >= 11 is 6.48. The van der Waals surface area contributed by atoms with Gasteiger partial charge in [-0.25, -0.2) is 4.98 Å². The number of hydrogen-bond acceptors (Lipinski definition) is 3. The van der Waals surface area contributed by atoms with Crippen LogP contribution in [0.5, 0.6) is 0 Å². The molecule has 21 heavy (non-hydrogen) atoms. The summed E-state index contributed by atoms with van der Waals surface area (Å²) in [4.78, 5) is 6.98. The van der Waals surface area contributed by atoms with Gasteiger partial charge in [0, 0.05) is 31.4 Å². The van der Waals surface area contributed by atoms with Crippen LogP contribution in [0.3, 0.4) is 0 Å². The van der Waals surface area contributed by atoms with Crippen LogP contribution in [-0.4, -0.2) is 23.6 Å². The van der Waals surface area contributed by atoms with Crippen LogP contribution in [0, 0.1) is 5.92 Å². The lowest BCUT2D eigenvalue weighted by Gasteiger charge is -2.25. The Morgan fingerprint density at radius 1 is 1.38 bits per heavy atom. The van der Waals surface area contributed by atoms with E-state index in [9.17, 15) is 0 Å². The van der Waals surface area contributed by atoms with Gasteiger partial charge in [-0.3, -0.25) is 0 Å². The molecule has 0 bridgehead atoms. The summed E-state index contributed by atoms with van der Waals surface area (Å²) in [5.41, 5.74) is 1.24. The predicted octanol–water partition coefficient (Wildman–Crippen LogP) is 4.25. The Morgan fingerprint density at radius 2 is 2.10 bits per heavy atom. The van der Waals surface area contributed by atoms with Gasteiger partial charge in [-0.2, -0.15) is 0 Å². The summed E-state index contributed by atoms with van der Waals surface area (Å²) in [6.45, 7) is 11.6. The Morgan fingerprint density at radius 3 is 2.62 bits per heavy atom. The van der Waals surface area contributed by atoms with Crippen LogP contribution in [0.25, 0.3) is 0 Å². The molecular weight excluding hydrogens is 282 g/mol. The van der Waals surface area contributed by atoms with Gasteiger partial charge in [-0.15, -0.1) is 0 Å². The molecule has 1 N–H and O–H groups in total.